The van der Waals surface area contributed by atoms with E-state index in [0.717, 1.165) is 11.8 Å². The molecule has 2 aromatic rings. The molecule has 0 saturated carbocycles. The van der Waals surface area contributed by atoms with Crippen molar-refractivity contribution >= 4 is 23.6 Å². The van der Waals surface area contributed by atoms with Gasteiger partial charge in [-0.05, 0) is 60.4 Å². The topological polar surface area (TPSA) is 55.8 Å². The number of carboxylic acid groups (broad SMARTS) is 1. The van der Waals surface area contributed by atoms with Gasteiger partial charge in [0.05, 0.1) is 0 Å². The first kappa shape index (κ1) is 19.9. The van der Waals surface area contributed by atoms with Gasteiger partial charge in [-0.3, -0.25) is 0 Å². The molecule has 2 aromatic carbocycles. The molecule has 0 aliphatic rings. The molecule has 0 amide bonds. The second-order valence-corrected chi connectivity index (χ2v) is 6.66. The smallest absolute Gasteiger partial charge is 0.328 e. The van der Waals surface area contributed by atoms with Gasteiger partial charge in [0, 0.05) is 16.7 Å². The maximum atomic E-state index is 10.7. The van der Waals surface area contributed by atoms with Crippen LogP contribution >= 0.6 is 11.6 Å². The molecule has 0 heterocycles. The normalized spacial score (nSPS) is 11.1. The number of hydrogen-bond acceptors (Lipinski definition) is 3. The molecule has 0 saturated heterocycles. The molecular weight excluding hydrogens is 352 g/mol. The molecule has 0 aromatic heterocycles. The summed E-state index contributed by atoms with van der Waals surface area (Å²) in [6.07, 6.45) is 2.51. The summed E-state index contributed by atoms with van der Waals surface area (Å²) in [4.78, 5) is 10.7. The van der Waals surface area contributed by atoms with Gasteiger partial charge >= 0.3 is 5.97 Å². The number of halogens is 1. The predicted molar refractivity (Wildman–Crippen MR) is 104 cm³/mol. The Morgan fingerprint density at radius 2 is 1.88 bits per heavy atom. The van der Waals surface area contributed by atoms with Crippen molar-refractivity contribution in [3.63, 3.8) is 0 Å². The molecule has 0 atom stereocenters. The fourth-order valence-electron chi connectivity index (χ4n) is 2.64. The number of aliphatic carboxylic acids is 1. The van der Waals surface area contributed by atoms with Gasteiger partial charge in [-0.1, -0.05) is 31.5 Å². The third kappa shape index (κ3) is 5.81. The van der Waals surface area contributed by atoms with Crippen molar-refractivity contribution in [2.75, 3.05) is 13.2 Å². The van der Waals surface area contributed by atoms with E-state index in [1.165, 1.54) is 17.2 Å². The van der Waals surface area contributed by atoms with E-state index >= 15 is 0 Å². The highest BCUT2D eigenvalue weighted by Gasteiger charge is 2.06. The third-order valence-corrected chi connectivity index (χ3v) is 4.09. The van der Waals surface area contributed by atoms with Crippen LogP contribution in [-0.2, 0) is 4.79 Å². The number of rotatable bonds is 8. The molecule has 4 nitrogen and oxygen atoms in total. The van der Waals surface area contributed by atoms with E-state index < -0.39 is 5.97 Å². The summed E-state index contributed by atoms with van der Waals surface area (Å²) < 4.78 is 11.5. The highest BCUT2D eigenvalue weighted by Crippen LogP contribution is 2.25. The van der Waals surface area contributed by atoms with Crippen LogP contribution in [-0.4, -0.2) is 24.3 Å². The Balaban J connectivity index is 1.94. The highest BCUT2D eigenvalue weighted by molar-refractivity contribution is 6.30. The Kier molecular flexibility index (Phi) is 7.10. The van der Waals surface area contributed by atoms with Crippen molar-refractivity contribution in [2.24, 2.45) is 0 Å². The predicted octanol–water partition coefficient (Wildman–Crippen LogP) is 5.33. The second-order valence-electron chi connectivity index (χ2n) is 6.22. The van der Waals surface area contributed by atoms with Gasteiger partial charge < -0.3 is 14.6 Å². The number of benzene rings is 2. The van der Waals surface area contributed by atoms with Gasteiger partial charge in [-0.2, -0.15) is 0 Å². The Bertz CT molecular complexity index is 797. The average molecular weight is 375 g/mol. The van der Waals surface area contributed by atoms with E-state index in [9.17, 15) is 4.79 Å². The van der Waals surface area contributed by atoms with Gasteiger partial charge in [0.2, 0.25) is 0 Å². The monoisotopic (exact) mass is 374 g/mol. The van der Waals surface area contributed by atoms with Crippen molar-refractivity contribution in [1.29, 1.82) is 0 Å². The van der Waals surface area contributed by atoms with Gasteiger partial charge in [0.25, 0.3) is 0 Å². The zero-order valence-electron chi connectivity index (χ0n) is 15.2. The lowest BCUT2D eigenvalue weighted by Gasteiger charge is -2.13. The summed E-state index contributed by atoms with van der Waals surface area (Å²) in [5, 5.41) is 9.28. The lowest BCUT2D eigenvalue weighted by atomic mass is 9.98. The lowest BCUT2D eigenvalue weighted by Crippen LogP contribution is -2.10. The van der Waals surface area contributed by atoms with E-state index in [1.54, 1.807) is 18.2 Å². The van der Waals surface area contributed by atoms with E-state index in [0.29, 0.717) is 35.5 Å². The number of aryl methyl sites for hydroxylation is 1. The van der Waals surface area contributed by atoms with Crippen LogP contribution in [0.15, 0.2) is 42.5 Å². The Morgan fingerprint density at radius 3 is 2.54 bits per heavy atom. The summed E-state index contributed by atoms with van der Waals surface area (Å²) in [5.41, 5.74) is 3.12. The zero-order valence-corrected chi connectivity index (χ0v) is 15.9. The zero-order chi connectivity index (χ0) is 19.1. The molecule has 5 heteroatoms. The Labute approximate surface area is 159 Å². The van der Waals surface area contributed by atoms with Crippen LogP contribution in [0.4, 0.5) is 0 Å². The van der Waals surface area contributed by atoms with E-state index in [1.807, 2.05) is 12.1 Å². The van der Waals surface area contributed by atoms with E-state index in [2.05, 4.69) is 26.8 Å². The third-order valence-electron chi connectivity index (χ3n) is 3.85. The molecule has 0 aliphatic carbocycles. The molecule has 2 rings (SSSR count). The van der Waals surface area contributed by atoms with Gasteiger partial charge in [0.15, 0.2) is 0 Å². The first-order valence-electron chi connectivity index (χ1n) is 8.43. The molecule has 0 unspecified atom stereocenters. The number of hydrogen-bond donors (Lipinski definition) is 1. The number of carbonyl (C=O) groups is 1. The van der Waals surface area contributed by atoms with Gasteiger partial charge in [-0.15, -0.1) is 0 Å². The van der Waals surface area contributed by atoms with Gasteiger partial charge in [0.1, 0.15) is 24.7 Å². The Morgan fingerprint density at radius 1 is 1.15 bits per heavy atom. The largest absolute Gasteiger partial charge is 0.490 e. The maximum Gasteiger partial charge on any atom is 0.328 e. The van der Waals surface area contributed by atoms with Gasteiger partial charge in [-0.25, -0.2) is 4.79 Å². The summed E-state index contributed by atoms with van der Waals surface area (Å²) >= 11 is 5.96. The fourth-order valence-corrected chi connectivity index (χ4v) is 2.82. The van der Waals surface area contributed by atoms with Crippen molar-refractivity contribution in [1.82, 2.24) is 0 Å². The van der Waals surface area contributed by atoms with Crippen molar-refractivity contribution in [3.8, 4) is 11.5 Å². The van der Waals surface area contributed by atoms with Crippen LogP contribution < -0.4 is 9.47 Å². The number of ether oxygens (including phenoxy) is 2. The highest BCUT2D eigenvalue weighted by atomic mass is 35.5. The summed E-state index contributed by atoms with van der Waals surface area (Å²) in [7, 11) is 0. The van der Waals surface area contributed by atoms with Crippen LogP contribution in [0, 0.1) is 6.92 Å². The average Bonchev–Trinajstić information content (AvgIpc) is 2.57. The summed E-state index contributed by atoms with van der Waals surface area (Å²) in [6, 6.07) is 11.1. The minimum Gasteiger partial charge on any atom is -0.490 e. The summed E-state index contributed by atoms with van der Waals surface area (Å²) in [6.45, 7) is 7.12. The minimum atomic E-state index is -1.03. The van der Waals surface area contributed by atoms with Crippen molar-refractivity contribution in [2.45, 2.75) is 26.7 Å². The lowest BCUT2D eigenvalue weighted by molar-refractivity contribution is -0.131. The molecule has 0 radical (unpaired) electrons. The van der Waals surface area contributed by atoms with Crippen LogP contribution in [0.1, 0.15) is 36.5 Å². The maximum absolute atomic E-state index is 10.7. The van der Waals surface area contributed by atoms with Crippen molar-refractivity contribution < 1.29 is 19.4 Å². The van der Waals surface area contributed by atoms with Crippen LogP contribution in [0.5, 0.6) is 11.5 Å². The standard InChI is InChI=1S/C21H23ClO4/c1-14(2)19-7-6-18(12-15(19)3)25-10-11-26-20-8-5-17(22)13-16(20)4-9-21(23)24/h4-9,12-14H,10-11H2,1-3H3,(H,23,24). The Hall–Kier alpha value is -2.46. The molecule has 138 valence electrons. The SMILES string of the molecule is Cc1cc(OCCOc2ccc(Cl)cc2C=CC(=O)O)ccc1C(C)C. The molecular formula is C21H23ClO4. The first-order valence-corrected chi connectivity index (χ1v) is 8.81. The van der Waals surface area contributed by atoms with E-state index in [-0.39, 0.29) is 0 Å². The molecule has 0 aliphatic heterocycles. The van der Waals surface area contributed by atoms with E-state index in [4.69, 9.17) is 26.2 Å². The molecule has 0 spiro atoms. The fraction of sp³-hybridized carbons (Fsp3) is 0.286. The molecule has 0 fully saturated rings. The second kappa shape index (κ2) is 9.30. The molecule has 1 N–H and O–H groups in total. The quantitative estimate of drug-likeness (QED) is 0.501. The van der Waals surface area contributed by atoms with Crippen LogP contribution in [0.2, 0.25) is 5.02 Å². The van der Waals surface area contributed by atoms with Crippen LogP contribution in [0.25, 0.3) is 6.08 Å². The minimum absolute atomic E-state index is 0.334. The molecule has 26 heavy (non-hydrogen) atoms. The van der Waals surface area contributed by atoms with Crippen molar-refractivity contribution in [3.05, 3.63) is 64.2 Å². The first-order chi connectivity index (χ1) is 12.4. The number of carboxylic acids is 1. The van der Waals surface area contributed by atoms with Crippen LogP contribution in [0.3, 0.4) is 0 Å². The molecule has 0 bridgehead atoms. The summed E-state index contributed by atoms with van der Waals surface area (Å²) in [5.74, 6) is 0.813.